The zero-order valence-electron chi connectivity index (χ0n) is 16.1. The SMILES string of the molecule is Clc1ccc(CNc2nc(Cc3ccccc3)nc3sc4c(c23)CCCC4)cc1. The van der Waals surface area contributed by atoms with Crippen molar-refractivity contribution in [3.8, 4) is 0 Å². The van der Waals surface area contributed by atoms with Gasteiger partial charge in [-0.25, -0.2) is 9.97 Å². The summed E-state index contributed by atoms with van der Waals surface area (Å²) >= 11 is 7.88. The predicted molar refractivity (Wildman–Crippen MR) is 122 cm³/mol. The van der Waals surface area contributed by atoms with E-state index < -0.39 is 0 Å². The first-order chi connectivity index (χ1) is 14.3. The van der Waals surface area contributed by atoms with Crippen molar-refractivity contribution < 1.29 is 0 Å². The number of aromatic nitrogens is 2. The van der Waals surface area contributed by atoms with E-state index in [1.54, 1.807) is 0 Å². The van der Waals surface area contributed by atoms with Gasteiger partial charge in [-0.05, 0) is 54.5 Å². The number of halogens is 1. The Balaban J connectivity index is 1.53. The molecule has 146 valence electrons. The molecule has 1 aliphatic carbocycles. The number of anilines is 1. The molecule has 0 atom stereocenters. The Hall–Kier alpha value is -2.43. The summed E-state index contributed by atoms with van der Waals surface area (Å²) in [5, 5.41) is 5.59. The quantitative estimate of drug-likeness (QED) is 0.405. The second kappa shape index (κ2) is 8.13. The van der Waals surface area contributed by atoms with Crippen molar-refractivity contribution in [1.29, 1.82) is 0 Å². The molecule has 1 aliphatic rings. The number of aryl methyl sites for hydroxylation is 2. The molecule has 0 saturated heterocycles. The van der Waals surface area contributed by atoms with Crippen LogP contribution in [0.5, 0.6) is 0 Å². The number of rotatable bonds is 5. The zero-order valence-corrected chi connectivity index (χ0v) is 17.7. The van der Waals surface area contributed by atoms with Gasteiger partial charge in [-0.2, -0.15) is 0 Å². The first-order valence-corrected chi connectivity index (χ1v) is 11.3. The van der Waals surface area contributed by atoms with Crippen LogP contribution in [0.3, 0.4) is 0 Å². The lowest BCUT2D eigenvalue weighted by Gasteiger charge is -2.13. The summed E-state index contributed by atoms with van der Waals surface area (Å²) in [6.45, 7) is 0.721. The fraction of sp³-hybridized carbons (Fsp3) is 0.250. The van der Waals surface area contributed by atoms with E-state index in [1.165, 1.54) is 46.2 Å². The molecule has 0 aliphatic heterocycles. The van der Waals surface area contributed by atoms with Crippen LogP contribution in [0.25, 0.3) is 10.2 Å². The molecule has 0 unspecified atom stereocenters. The first kappa shape index (κ1) is 18.6. The van der Waals surface area contributed by atoms with Gasteiger partial charge in [-0.3, -0.25) is 0 Å². The summed E-state index contributed by atoms with van der Waals surface area (Å²) in [4.78, 5) is 12.5. The molecule has 1 N–H and O–H groups in total. The molecule has 2 aromatic heterocycles. The van der Waals surface area contributed by atoms with Gasteiger partial charge in [0.2, 0.25) is 0 Å². The largest absolute Gasteiger partial charge is 0.365 e. The van der Waals surface area contributed by atoms with E-state index in [4.69, 9.17) is 21.6 Å². The van der Waals surface area contributed by atoms with Gasteiger partial charge in [0.05, 0.1) is 5.39 Å². The number of nitrogens with one attached hydrogen (secondary N) is 1. The third kappa shape index (κ3) is 4.00. The average Bonchev–Trinajstić information content (AvgIpc) is 3.12. The van der Waals surface area contributed by atoms with Crippen LogP contribution >= 0.6 is 22.9 Å². The average molecular weight is 420 g/mol. The maximum absolute atomic E-state index is 6.03. The molecule has 29 heavy (non-hydrogen) atoms. The summed E-state index contributed by atoms with van der Waals surface area (Å²) < 4.78 is 0. The van der Waals surface area contributed by atoms with Gasteiger partial charge in [0, 0.05) is 22.9 Å². The second-order valence-corrected chi connectivity index (χ2v) is 9.04. The molecular weight excluding hydrogens is 398 g/mol. The maximum atomic E-state index is 6.03. The number of hydrogen-bond donors (Lipinski definition) is 1. The first-order valence-electron chi connectivity index (χ1n) is 10.1. The van der Waals surface area contributed by atoms with Gasteiger partial charge in [0.15, 0.2) is 0 Å². The van der Waals surface area contributed by atoms with Crippen molar-refractivity contribution in [3.63, 3.8) is 0 Å². The number of benzene rings is 2. The van der Waals surface area contributed by atoms with E-state index in [0.717, 1.165) is 40.9 Å². The molecule has 3 nitrogen and oxygen atoms in total. The number of thiophene rings is 1. The summed E-state index contributed by atoms with van der Waals surface area (Å²) in [7, 11) is 0. The molecular formula is C24H22ClN3S. The molecule has 0 saturated carbocycles. The lowest BCUT2D eigenvalue weighted by Crippen LogP contribution is -2.07. The molecule has 0 amide bonds. The van der Waals surface area contributed by atoms with Gasteiger partial charge < -0.3 is 5.32 Å². The van der Waals surface area contributed by atoms with Crippen LogP contribution in [0.2, 0.25) is 5.02 Å². The van der Waals surface area contributed by atoms with Crippen LogP contribution in [0.4, 0.5) is 5.82 Å². The van der Waals surface area contributed by atoms with E-state index in [-0.39, 0.29) is 0 Å². The molecule has 0 radical (unpaired) electrons. The molecule has 0 fully saturated rings. The predicted octanol–water partition coefficient (Wildman–Crippen LogP) is 6.43. The summed E-state index contributed by atoms with van der Waals surface area (Å²) in [5.41, 5.74) is 3.88. The number of fused-ring (bicyclic) bond motifs is 3. The zero-order chi connectivity index (χ0) is 19.6. The highest BCUT2D eigenvalue weighted by Gasteiger charge is 2.21. The Kier molecular flexibility index (Phi) is 5.21. The topological polar surface area (TPSA) is 37.8 Å². The minimum absolute atomic E-state index is 0.721. The van der Waals surface area contributed by atoms with E-state index >= 15 is 0 Å². The molecule has 0 spiro atoms. The monoisotopic (exact) mass is 419 g/mol. The highest BCUT2D eigenvalue weighted by Crippen LogP contribution is 2.39. The van der Waals surface area contributed by atoms with Crippen molar-refractivity contribution in [1.82, 2.24) is 9.97 Å². The Morgan fingerprint density at radius 3 is 2.52 bits per heavy atom. The van der Waals surface area contributed by atoms with Crippen LogP contribution < -0.4 is 5.32 Å². The third-order valence-electron chi connectivity index (χ3n) is 5.44. The Bertz CT molecular complexity index is 1140. The minimum Gasteiger partial charge on any atom is -0.365 e. The summed E-state index contributed by atoms with van der Waals surface area (Å²) in [6, 6.07) is 18.4. The Morgan fingerprint density at radius 1 is 0.897 bits per heavy atom. The van der Waals surface area contributed by atoms with Crippen LogP contribution in [-0.2, 0) is 25.8 Å². The molecule has 2 aromatic carbocycles. The van der Waals surface area contributed by atoms with E-state index in [2.05, 4.69) is 41.7 Å². The van der Waals surface area contributed by atoms with Gasteiger partial charge in [0.25, 0.3) is 0 Å². The van der Waals surface area contributed by atoms with Crippen LogP contribution in [0.1, 0.15) is 40.2 Å². The van der Waals surface area contributed by atoms with E-state index in [1.807, 2.05) is 29.5 Å². The van der Waals surface area contributed by atoms with Crippen molar-refractivity contribution in [2.24, 2.45) is 0 Å². The number of hydrogen-bond acceptors (Lipinski definition) is 4. The van der Waals surface area contributed by atoms with Crippen molar-refractivity contribution in [2.45, 2.75) is 38.6 Å². The van der Waals surface area contributed by atoms with Gasteiger partial charge in [-0.15, -0.1) is 11.3 Å². The lowest BCUT2D eigenvalue weighted by molar-refractivity contribution is 0.700. The normalized spacial score (nSPS) is 13.4. The van der Waals surface area contributed by atoms with Gasteiger partial charge in [-0.1, -0.05) is 54.1 Å². The second-order valence-electron chi connectivity index (χ2n) is 7.52. The third-order valence-corrected chi connectivity index (χ3v) is 6.88. The van der Waals surface area contributed by atoms with Crippen molar-refractivity contribution in [3.05, 3.63) is 87.0 Å². The summed E-state index contributed by atoms with van der Waals surface area (Å²) in [5.74, 6) is 1.84. The fourth-order valence-corrected chi connectivity index (χ4v) is 5.38. The summed E-state index contributed by atoms with van der Waals surface area (Å²) in [6.07, 6.45) is 5.57. The minimum atomic E-state index is 0.721. The highest BCUT2D eigenvalue weighted by atomic mass is 35.5. The molecule has 5 heteroatoms. The van der Waals surface area contributed by atoms with Gasteiger partial charge >= 0.3 is 0 Å². The van der Waals surface area contributed by atoms with Crippen molar-refractivity contribution in [2.75, 3.05) is 5.32 Å². The molecule has 0 bridgehead atoms. The standard InChI is InChI=1S/C24H22ClN3S/c25-18-12-10-17(11-13-18)15-26-23-22-19-8-4-5-9-20(19)29-24(22)28-21(27-23)14-16-6-2-1-3-7-16/h1-3,6-7,10-13H,4-5,8-9,14-15H2,(H,26,27,28). The lowest BCUT2D eigenvalue weighted by atomic mass is 9.97. The van der Waals surface area contributed by atoms with Gasteiger partial charge in [0.1, 0.15) is 16.5 Å². The van der Waals surface area contributed by atoms with Crippen LogP contribution in [0.15, 0.2) is 54.6 Å². The Morgan fingerprint density at radius 2 is 1.69 bits per heavy atom. The van der Waals surface area contributed by atoms with Crippen molar-refractivity contribution >= 4 is 39.0 Å². The Labute approximate surface area is 179 Å². The maximum Gasteiger partial charge on any atom is 0.139 e. The van der Waals surface area contributed by atoms with E-state index in [9.17, 15) is 0 Å². The van der Waals surface area contributed by atoms with E-state index in [0.29, 0.717) is 0 Å². The van der Waals surface area contributed by atoms with Crippen LogP contribution in [-0.4, -0.2) is 9.97 Å². The number of nitrogens with zero attached hydrogens (tertiary/aromatic N) is 2. The molecule has 4 aromatic rings. The smallest absolute Gasteiger partial charge is 0.139 e. The fourth-order valence-electron chi connectivity index (χ4n) is 3.98. The molecule has 5 rings (SSSR count). The van der Waals surface area contributed by atoms with Crippen LogP contribution in [0, 0.1) is 0 Å². The molecule has 2 heterocycles. The highest BCUT2D eigenvalue weighted by molar-refractivity contribution is 7.19.